The number of hydrogen-bond acceptors (Lipinski definition) is 2. The molecule has 0 aliphatic carbocycles. The standard InChI is InChI=1S/C17H24N2OS/c1-17(2,15(18)21)16(20)19-10-8-14(9-11-19)12-13-6-4-3-5-7-13/h3-7,14H,8-12H2,1-2H3,(H2,18,21). The van der Waals surface area contributed by atoms with E-state index < -0.39 is 5.41 Å². The molecule has 114 valence electrons. The van der Waals surface area contributed by atoms with Gasteiger partial charge in [-0.25, -0.2) is 0 Å². The Morgan fingerprint density at radius 1 is 1.29 bits per heavy atom. The number of benzene rings is 1. The van der Waals surface area contributed by atoms with E-state index in [0.29, 0.717) is 5.92 Å². The maximum atomic E-state index is 12.5. The van der Waals surface area contributed by atoms with Gasteiger partial charge in [-0.05, 0) is 44.6 Å². The molecule has 0 bridgehead atoms. The predicted octanol–water partition coefficient (Wildman–Crippen LogP) is 2.78. The Bertz CT molecular complexity index is 505. The molecule has 0 aromatic heterocycles. The molecule has 0 atom stereocenters. The molecule has 2 rings (SSSR count). The first-order valence-corrected chi connectivity index (χ1v) is 7.95. The molecule has 1 aromatic rings. The molecule has 1 saturated heterocycles. The molecule has 1 amide bonds. The van der Waals surface area contributed by atoms with Crippen molar-refractivity contribution < 1.29 is 4.79 Å². The lowest BCUT2D eigenvalue weighted by Gasteiger charge is -2.36. The van der Waals surface area contributed by atoms with Gasteiger partial charge in [-0.2, -0.15) is 0 Å². The van der Waals surface area contributed by atoms with Crippen LogP contribution in [0.25, 0.3) is 0 Å². The summed E-state index contributed by atoms with van der Waals surface area (Å²) >= 11 is 5.02. The molecule has 1 fully saturated rings. The second-order valence-electron chi connectivity index (χ2n) is 6.41. The zero-order valence-corrected chi connectivity index (χ0v) is 13.7. The molecule has 1 aliphatic rings. The van der Waals surface area contributed by atoms with Gasteiger partial charge in [0, 0.05) is 13.1 Å². The predicted molar refractivity (Wildman–Crippen MR) is 90.0 cm³/mol. The smallest absolute Gasteiger partial charge is 0.235 e. The molecule has 3 nitrogen and oxygen atoms in total. The van der Waals surface area contributed by atoms with Gasteiger partial charge < -0.3 is 10.6 Å². The maximum Gasteiger partial charge on any atom is 0.235 e. The first-order valence-electron chi connectivity index (χ1n) is 7.54. The third-order valence-electron chi connectivity index (χ3n) is 4.42. The van der Waals surface area contributed by atoms with Gasteiger partial charge in [0.15, 0.2) is 0 Å². The SMILES string of the molecule is CC(C)(C(=O)N1CCC(Cc2ccccc2)CC1)C(N)=S. The number of likely N-dealkylation sites (tertiary alicyclic amines) is 1. The first kappa shape index (κ1) is 16.0. The summed E-state index contributed by atoms with van der Waals surface area (Å²) in [6.45, 7) is 5.24. The third kappa shape index (κ3) is 3.82. The van der Waals surface area contributed by atoms with Crippen LogP contribution in [0, 0.1) is 11.3 Å². The number of thiocarbonyl (C=S) groups is 1. The number of amides is 1. The van der Waals surface area contributed by atoms with Gasteiger partial charge in [-0.3, -0.25) is 4.79 Å². The number of hydrogen-bond donors (Lipinski definition) is 1. The van der Waals surface area contributed by atoms with Gasteiger partial charge in [0.1, 0.15) is 0 Å². The summed E-state index contributed by atoms with van der Waals surface area (Å²) in [5.74, 6) is 0.720. The average Bonchev–Trinajstić information content (AvgIpc) is 2.48. The maximum absolute atomic E-state index is 12.5. The monoisotopic (exact) mass is 304 g/mol. The number of piperidine rings is 1. The second-order valence-corrected chi connectivity index (χ2v) is 6.85. The highest BCUT2D eigenvalue weighted by Crippen LogP contribution is 2.26. The fourth-order valence-electron chi connectivity index (χ4n) is 2.79. The van der Waals surface area contributed by atoms with Gasteiger partial charge in [0.25, 0.3) is 0 Å². The molecule has 0 unspecified atom stereocenters. The Kier molecular flexibility index (Phi) is 4.99. The highest BCUT2D eigenvalue weighted by molar-refractivity contribution is 7.80. The van der Waals surface area contributed by atoms with Gasteiger partial charge in [-0.1, -0.05) is 42.5 Å². The quantitative estimate of drug-likeness (QED) is 0.870. The zero-order valence-electron chi connectivity index (χ0n) is 12.8. The number of nitrogens with zero attached hydrogens (tertiary/aromatic N) is 1. The summed E-state index contributed by atoms with van der Waals surface area (Å²) < 4.78 is 0. The molecule has 1 heterocycles. The molecular formula is C17H24N2OS. The Morgan fingerprint density at radius 3 is 2.38 bits per heavy atom. The van der Waals surface area contributed by atoms with E-state index in [-0.39, 0.29) is 10.9 Å². The second kappa shape index (κ2) is 6.56. The number of carbonyl (C=O) groups excluding carboxylic acids is 1. The minimum absolute atomic E-state index is 0.0631. The number of rotatable bonds is 4. The summed E-state index contributed by atoms with van der Waals surface area (Å²) in [4.78, 5) is 14.7. The largest absolute Gasteiger partial charge is 0.392 e. The summed E-state index contributed by atoms with van der Waals surface area (Å²) in [5.41, 5.74) is 6.34. The number of carbonyl (C=O) groups is 1. The van der Waals surface area contributed by atoms with Crippen LogP contribution < -0.4 is 5.73 Å². The van der Waals surface area contributed by atoms with Crippen LogP contribution in [-0.4, -0.2) is 28.9 Å². The zero-order chi connectivity index (χ0) is 15.5. The van der Waals surface area contributed by atoms with Crippen molar-refractivity contribution in [2.24, 2.45) is 17.1 Å². The van der Waals surface area contributed by atoms with Crippen LogP contribution in [0.1, 0.15) is 32.3 Å². The van der Waals surface area contributed by atoms with E-state index in [0.717, 1.165) is 32.4 Å². The molecule has 1 aliphatic heterocycles. The molecule has 1 aromatic carbocycles. The topological polar surface area (TPSA) is 46.3 Å². The Hall–Kier alpha value is -1.42. The van der Waals surface area contributed by atoms with Gasteiger partial charge in [-0.15, -0.1) is 0 Å². The van der Waals surface area contributed by atoms with Crippen LogP contribution in [0.5, 0.6) is 0 Å². The molecule has 0 saturated carbocycles. The molecule has 4 heteroatoms. The normalized spacial score (nSPS) is 16.8. The van der Waals surface area contributed by atoms with Crippen LogP contribution in [0.3, 0.4) is 0 Å². The Labute approximate surface area is 132 Å². The van der Waals surface area contributed by atoms with Crippen LogP contribution in [-0.2, 0) is 11.2 Å². The lowest BCUT2D eigenvalue weighted by atomic mass is 9.87. The highest BCUT2D eigenvalue weighted by atomic mass is 32.1. The van der Waals surface area contributed by atoms with Crippen LogP contribution in [0.2, 0.25) is 0 Å². The highest BCUT2D eigenvalue weighted by Gasteiger charge is 2.36. The van der Waals surface area contributed by atoms with Crippen LogP contribution >= 0.6 is 12.2 Å². The van der Waals surface area contributed by atoms with Crippen molar-refractivity contribution in [3.8, 4) is 0 Å². The molecule has 0 radical (unpaired) electrons. The van der Waals surface area contributed by atoms with E-state index in [1.165, 1.54) is 5.56 Å². The van der Waals surface area contributed by atoms with E-state index in [2.05, 4.69) is 24.3 Å². The summed E-state index contributed by atoms with van der Waals surface area (Å²) in [6.07, 6.45) is 3.20. The van der Waals surface area contributed by atoms with E-state index in [1.807, 2.05) is 24.8 Å². The minimum Gasteiger partial charge on any atom is -0.392 e. The molecule has 2 N–H and O–H groups in total. The van der Waals surface area contributed by atoms with Gasteiger partial charge >= 0.3 is 0 Å². The minimum atomic E-state index is -0.735. The number of nitrogens with two attached hydrogens (primary N) is 1. The van der Waals surface area contributed by atoms with Crippen LogP contribution in [0.4, 0.5) is 0 Å². The lowest BCUT2D eigenvalue weighted by Crippen LogP contribution is -2.49. The summed E-state index contributed by atoms with van der Waals surface area (Å²) in [6, 6.07) is 10.6. The van der Waals surface area contributed by atoms with Crippen molar-refractivity contribution in [3.05, 3.63) is 35.9 Å². The van der Waals surface area contributed by atoms with E-state index in [9.17, 15) is 4.79 Å². The van der Waals surface area contributed by atoms with E-state index >= 15 is 0 Å². The summed E-state index contributed by atoms with van der Waals surface area (Å²) in [5, 5.41) is 0. The average molecular weight is 304 g/mol. The third-order valence-corrected chi connectivity index (χ3v) is 4.93. The molecule has 21 heavy (non-hydrogen) atoms. The fourth-order valence-corrected chi connectivity index (χ4v) is 2.88. The van der Waals surface area contributed by atoms with Crippen molar-refractivity contribution in [3.63, 3.8) is 0 Å². The van der Waals surface area contributed by atoms with Crippen LogP contribution in [0.15, 0.2) is 30.3 Å². The molecule has 0 spiro atoms. The van der Waals surface area contributed by atoms with Crippen molar-refractivity contribution in [2.75, 3.05) is 13.1 Å². The van der Waals surface area contributed by atoms with Gasteiger partial charge in [0.2, 0.25) is 5.91 Å². The first-order chi connectivity index (χ1) is 9.91. The molecular weight excluding hydrogens is 280 g/mol. The van der Waals surface area contributed by atoms with E-state index in [4.69, 9.17) is 18.0 Å². The van der Waals surface area contributed by atoms with Crippen molar-refractivity contribution >= 4 is 23.1 Å². The van der Waals surface area contributed by atoms with Gasteiger partial charge in [0.05, 0.1) is 10.4 Å². The Balaban J connectivity index is 1.89. The summed E-state index contributed by atoms with van der Waals surface area (Å²) in [7, 11) is 0. The van der Waals surface area contributed by atoms with Crippen molar-refractivity contribution in [1.29, 1.82) is 0 Å². The lowest BCUT2D eigenvalue weighted by molar-refractivity contribution is -0.138. The van der Waals surface area contributed by atoms with Crippen molar-refractivity contribution in [2.45, 2.75) is 33.1 Å². The Morgan fingerprint density at radius 2 is 1.86 bits per heavy atom. The van der Waals surface area contributed by atoms with Crippen molar-refractivity contribution in [1.82, 2.24) is 4.90 Å². The fraction of sp³-hybridized carbons (Fsp3) is 0.529. The van der Waals surface area contributed by atoms with E-state index in [1.54, 1.807) is 0 Å².